The fourth-order valence-electron chi connectivity index (χ4n) is 1.71. The zero-order valence-corrected chi connectivity index (χ0v) is 10.2. The van der Waals surface area contributed by atoms with Crippen LogP contribution in [0, 0.1) is 0 Å². The molecule has 86 valence electrons. The van der Waals surface area contributed by atoms with E-state index in [1.807, 2.05) is 7.05 Å². The maximum absolute atomic E-state index is 4.34. The molecular weight excluding hydrogens is 235 g/mol. The second kappa shape index (κ2) is 6.82. The highest BCUT2D eigenvalue weighted by atomic mass is 35.5. The van der Waals surface area contributed by atoms with E-state index in [-0.39, 0.29) is 24.8 Å². The third-order valence-electron chi connectivity index (χ3n) is 2.35. The molecule has 1 saturated heterocycles. The van der Waals surface area contributed by atoms with Gasteiger partial charge in [-0.2, -0.15) is 0 Å². The molecule has 1 unspecified atom stereocenters. The number of hydrogen-bond acceptors (Lipinski definition) is 4. The molecule has 1 aliphatic heterocycles. The standard InChI is InChI=1S/C9H14N4.2ClH/c1-10-9-8(12-5-6-13-9)7-3-2-4-11-7;;/h5-7,11H,2-4H2,1H3,(H,10,13);2*1H. The largest absolute Gasteiger partial charge is 0.372 e. The van der Waals surface area contributed by atoms with Gasteiger partial charge < -0.3 is 10.6 Å². The van der Waals surface area contributed by atoms with Crippen LogP contribution in [0.2, 0.25) is 0 Å². The minimum Gasteiger partial charge on any atom is -0.372 e. The summed E-state index contributed by atoms with van der Waals surface area (Å²) in [5.41, 5.74) is 1.04. The van der Waals surface area contributed by atoms with Crippen molar-refractivity contribution in [2.24, 2.45) is 0 Å². The molecule has 0 aliphatic carbocycles. The lowest BCUT2D eigenvalue weighted by molar-refractivity contribution is 0.626. The molecular formula is C9H16Cl2N4. The lowest BCUT2D eigenvalue weighted by Gasteiger charge is -2.12. The summed E-state index contributed by atoms with van der Waals surface area (Å²) in [4.78, 5) is 8.57. The maximum Gasteiger partial charge on any atom is 0.149 e. The number of aromatic nitrogens is 2. The van der Waals surface area contributed by atoms with Crippen LogP contribution in [0.5, 0.6) is 0 Å². The van der Waals surface area contributed by atoms with Crippen molar-refractivity contribution in [2.75, 3.05) is 18.9 Å². The fraction of sp³-hybridized carbons (Fsp3) is 0.556. The zero-order valence-electron chi connectivity index (χ0n) is 8.56. The van der Waals surface area contributed by atoms with E-state index < -0.39 is 0 Å². The third-order valence-corrected chi connectivity index (χ3v) is 2.35. The van der Waals surface area contributed by atoms with Gasteiger partial charge in [-0.05, 0) is 19.4 Å². The predicted octanol–water partition coefficient (Wildman–Crippen LogP) is 1.79. The molecule has 0 saturated carbocycles. The van der Waals surface area contributed by atoms with Crippen molar-refractivity contribution < 1.29 is 0 Å². The molecule has 0 bridgehead atoms. The normalized spacial score (nSPS) is 18.9. The van der Waals surface area contributed by atoms with Crippen LogP contribution in [0.15, 0.2) is 12.4 Å². The van der Waals surface area contributed by atoms with Crippen molar-refractivity contribution >= 4 is 30.6 Å². The first-order valence-corrected chi connectivity index (χ1v) is 4.64. The van der Waals surface area contributed by atoms with E-state index in [2.05, 4.69) is 20.6 Å². The molecule has 0 spiro atoms. The Morgan fingerprint density at radius 1 is 1.33 bits per heavy atom. The van der Waals surface area contributed by atoms with Gasteiger partial charge in [0.15, 0.2) is 0 Å². The summed E-state index contributed by atoms with van der Waals surface area (Å²) in [7, 11) is 1.88. The lowest BCUT2D eigenvalue weighted by Crippen LogP contribution is -2.16. The molecule has 1 aliphatic rings. The second-order valence-electron chi connectivity index (χ2n) is 3.19. The Kier molecular flexibility index (Phi) is 6.56. The molecule has 15 heavy (non-hydrogen) atoms. The molecule has 1 atom stereocenters. The summed E-state index contributed by atoms with van der Waals surface area (Å²) in [5.74, 6) is 0.891. The minimum absolute atomic E-state index is 0. The summed E-state index contributed by atoms with van der Waals surface area (Å²) in [6.07, 6.45) is 5.85. The number of rotatable bonds is 2. The molecule has 0 aromatic carbocycles. The van der Waals surface area contributed by atoms with Gasteiger partial charge in [0.1, 0.15) is 5.82 Å². The Bertz CT molecular complexity index is 289. The van der Waals surface area contributed by atoms with Crippen LogP contribution in [0.4, 0.5) is 5.82 Å². The molecule has 0 radical (unpaired) electrons. The summed E-state index contributed by atoms with van der Waals surface area (Å²) < 4.78 is 0. The van der Waals surface area contributed by atoms with Crippen molar-refractivity contribution in [2.45, 2.75) is 18.9 Å². The van der Waals surface area contributed by atoms with Crippen LogP contribution >= 0.6 is 24.8 Å². The van der Waals surface area contributed by atoms with Crippen LogP contribution in [-0.4, -0.2) is 23.6 Å². The molecule has 2 N–H and O–H groups in total. The number of nitrogens with one attached hydrogen (secondary N) is 2. The summed E-state index contributed by atoms with van der Waals surface area (Å²) in [6, 6.07) is 0.385. The number of anilines is 1. The minimum atomic E-state index is 0. The SMILES string of the molecule is CNc1nccnc1C1CCCN1.Cl.Cl. The highest BCUT2D eigenvalue weighted by molar-refractivity contribution is 5.85. The van der Waals surface area contributed by atoms with Gasteiger partial charge in [0.25, 0.3) is 0 Å². The third kappa shape index (κ3) is 3.19. The quantitative estimate of drug-likeness (QED) is 0.841. The van der Waals surface area contributed by atoms with E-state index in [9.17, 15) is 0 Å². The van der Waals surface area contributed by atoms with Gasteiger partial charge in [0.2, 0.25) is 0 Å². The Labute approximate surface area is 102 Å². The monoisotopic (exact) mass is 250 g/mol. The highest BCUT2D eigenvalue weighted by Gasteiger charge is 2.20. The van der Waals surface area contributed by atoms with Gasteiger partial charge in [-0.3, -0.25) is 4.98 Å². The maximum atomic E-state index is 4.34. The highest BCUT2D eigenvalue weighted by Crippen LogP contribution is 2.25. The number of nitrogens with zero attached hydrogens (tertiary/aromatic N) is 2. The first-order chi connectivity index (χ1) is 6.42. The van der Waals surface area contributed by atoms with Crippen molar-refractivity contribution in [1.82, 2.24) is 15.3 Å². The van der Waals surface area contributed by atoms with Gasteiger partial charge >= 0.3 is 0 Å². The average Bonchev–Trinajstić information content (AvgIpc) is 2.70. The Balaban J connectivity index is 0.000000980. The van der Waals surface area contributed by atoms with Crippen LogP contribution in [0.1, 0.15) is 24.6 Å². The molecule has 1 aromatic rings. The van der Waals surface area contributed by atoms with Crippen LogP contribution in [-0.2, 0) is 0 Å². The lowest BCUT2D eigenvalue weighted by atomic mass is 10.1. The Morgan fingerprint density at radius 2 is 2.07 bits per heavy atom. The van der Waals surface area contributed by atoms with E-state index in [4.69, 9.17) is 0 Å². The average molecular weight is 251 g/mol. The van der Waals surface area contributed by atoms with Gasteiger partial charge in [0.05, 0.1) is 11.7 Å². The molecule has 2 rings (SSSR count). The topological polar surface area (TPSA) is 49.8 Å². The van der Waals surface area contributed by atoms with Gasteiger partial charge in [-0.1, -0.05) is 0 Å². The summed E-state index contributed by atoms with van der Waals surface area (Å²) in [5, 5.41) is 6.46. The van der Waals surface area contributed by atoms with E-state index in [1.54, 1.807) is 12.4 Å². The Morgan fingerprint density at radius 3 is 2.67 bits per heavy atom. The van der Waals surface area contributed by atoms with Crippen molar-refractivity contribution in [3.8, 4) is 0 Å². The second-order valence-corrected chi connectivity index (χ2v) is 3.19. The van der Waals surface area contributed by atoms with Gasteiger partial charge in [0, 0.05) is 19.4 Å². The zero-order chi connectivity index (χ0) is 9.10. The Hall–Kier alpha value is -0.580. The molecule has 6 heteroatoms. The van der Waals surface area contributed by atoms with Gasteiger partial charge in [-0.15, -0.1) is 24.8 Å². The van der Waals surface area contributed by atoms with E-state index >= 15 is 0 Å². The van der Waals surface area contributed by atoms with E-state index in [0.717, 1.165) is 24.5 Å². The summed E-state index contributed by atoms with van der Waals surface area (Å²) >= 11 is 0. The number of hydrogen-bond donors (Lipinski definition) is 2. The molecule has 1 fully saturated rings. The van der Waals surface area contributed by atoms with Crippen molar-refractivity contribution in [1.29, 1.82) is 0 Å². The fourth-order valence-corrected chi connectivity index (χ4v) is 1.71. The van der Waals surface area contributed by atoms with Crippen LogP contribution in [0.25, 0.3) is 0 Å². The van der Waals surface area contributed by atoms with Crippen LogP contribution in [0.3, 0.4) is 0 Å². The first kappa shape index (κ1) is 14.4. The van der Waals surface area contributed by atoms with E-state index in [1.165, 1.54) is 6.42 Å². The molecule has 0 amide bonds. The molecule has 2 heterocycles. The number of halogens is 2. The van der Waals surface area contributed by atoms with Crippen molar-refractivity contribution in [3.63, 3.8) is 0 Å². The predicted molar refractivity (Wildman–Crippen MR) is 66.1 cm³/mol. The smallest absolute Gasteiger partial charge is 0.149 e. The molecule has 1 aromatic heterocycles. The van der Waals surface area contributed by atoms with Crippen molar-refractivity contribution in [3.05, 3.63) is 18.1 Å². The molecule has 4 nitrogen and oxygen atoms in total. The van der Waals surface area contributed by atoms with E-state index in [0.29, 0.717) is 6.04 Å². The van der Waals surface area contributed by atoms with Gasteiger partial charge in [-0.25, -0.2) is 4.98 Å². The summed E-state index contributed by atoms with van der Waals surface area (Å²) in [6.45, 7) is 1.09. The van der Waals surface area contributed by atoms with Crippen LogP contribution < -0.4 is 10.6 Å². The first-order valence-electron chi connectivity index (χ1n) is 4.64.